The molecule has 0 bridgehead atoms. The Labute approximate surface area is 183 Å². The predicted molar refractivity (Wildman–Crippen MR) is 115 cm³/mol. The van der Waals surface area contributed by atoms with Crippen LogP contribution in [0.2, 0.25) is 0 Å². The number of ether oxygens (including phenoxy) is 1. The summed E-state index contributed by atoms with van der Waals surface area (Å²) in [4.78, 5) is 55.1. The number of methoxy groups -OCH3 is 1. The number of esters is 1. The summed E-state index contributed by atoms with van der Waals surface area (Å²) in [5, 5.41) is 5.41. The normalized spacial score (nSPS) is 15.9. The summed E-state index contributed by atoms with van der Waals surface area (Å²) in [6, 6.07) is 8.08. The zero-order chi connectivity index (χ0) is 22.5. The van der Waals surface area contributed by atoms with Gasteiger partial charge in [0.1, 0.15) is 6.04 Å². The van der Waals surface area contributed by atoms with Gasteiger partial charge in [0.2, 0.25) is 5.91 Å². The van der Waals surface area contributed by atoms with Crippen molar-refractivity contribution < 1.29 is 23.9 Å². The fourth-order valence-electron chi connectivity index (χ4n) is 3.19. The Kier molecular flexibility index (Phi) is 7.01. The second-order valence-corrected chi connectivity index (χ2v) is 8.39. The van der Waals surface area contributed by atoms with E-state index in [0.717, 1.165) is 10.5 Å². The number of thiazole rings is 1. The molecule has 31 heavy (non-hydrogen) atoms. The highest BCUT2D eigenvalue weighted by Crippen LogP contribution is 2.30. The third-order valence-corrected chi connectivity index (χ3v) is 6.04. The lowest BCUT2D eigenvalue weighted by Gasteiger charge is -2.12. The average Bonchev–Trinajstić information content (AvgIpc) is 3.28. The maximum absolute atomic E-state index is 12.6. The van der Waals surface area contributed by atoms with Gasteiger partial charge in [-0.05, 0) is 17.9 Å². The van der Waals surface area contributed by atoms with E-state index < -0.39 is 29.9 Å². The number of aromatic nitrogens is 1. The molecular weight excluding hydrogens is 420 g/mol. The number of nitrogens with one attached hydrogen (secondary N) is 2. The van der Waals surface area contributed by atoms with E-state index in [1.807, 2.05) is 44.2 Å². The number of carbonyl (C=O) groups excluding carboxylic acids is 4. The fourth-order valence-corrected chi connectivity index (χ4v) is 4.16. The van der Waals surface area contributed by atoms with Crippen molar-refractivity contribution in [2.75, 3.05) is 19.0 Å². The molecule has 1 aliphatic heterocycles. The van der Waals surface area contributed by atoms with Crippen LogP contribution in [0.1, 0.15) is 47.1 Å². The van der Waals surface area contributed by atoms with Gasteiger partial charge >= 0.3 is 12.0 Å². The van der Waals surface area contributed by atoms with E-state index in [2.05, 4.69) is 15.6 Å². The molecule has 1 fully saturated rings. The van der Waals surface area contributed by atoms with Crippen LogP contribution in [0.5, 0.6) is 0 Å². The van der Waals surface area contributed by atoms with Crippen molar-refractivity contribution in [1.82, 2.24) is 15.2 Å². The number of anilines is 1. The maximum Gasteiger partial charge on any atom is 0.357 e. The van der Waals surface area contributed by atoms with Gasteiger partial charge in [0.25, 0.3) is 5.91 Å². The summed E-state index contributed by atoms with van der Waals surface area (Å²) in [5.74, 6) is -1.48. The number of carbonyl (C=O) groups is 4. The summed E-state index contributed by atoms with van der Waals surface area (Å²) in [6.45, 7) is 4.05. The van der Waals surface area contributed by atoms with Crippen LogP contribution in [0, 0.1) is 0 Å². The van der Waals surface area contributed by atoms with Crippen molar-refractivity contribution in [3.8, 4) is 0 Å². The Morgan fingerprint density at radius 3 is 2.61 bits per heavy atom. The number of imide groups is 1. The number of urea groups is 1. The van der Waals surface area contributed by atoms with E-state index in [1.54, 1.807) is 0 Å². The van der Waals surface area contributed by atoms with Crippen LogP contribution in [-0.2, 0) is 20.7 Å². The quantitative estimate of drug-likeness (QED) is 0.477. The second kappa shape index (κ2) is 9.69. The first kappa shape index (κ1) is 22.4. The standard InChI is InChI=1S/C21H24N4O5S/c1-12(2)17-16(19(28)30-3)24-20(31-17)23-15(26)11-14-18(27)25(21(29)22-14)10-9-13-7-5-4-6-8-13/h4-8,12,14H,9-11H2,1-3H3,(H,22,29)(H,23,24,26). The second-order valence-electron chi connectivity index (χ2n) is 7.36. The summed E-state index contributed by atoms with van der Waals surface area (Å²) in [7, 11) is 1.27. The van der Waals surface area contributed by atoms with E-state index in [9.17, 15) is 19.2 Å². The molecular formula is C21H24N4O5S. The molecule has 164 valence electrons. The minimum Gasteiger partial charge on any atom is -0.464 e. The van der Waals surface area contributed by atoms with Crippen molar-refractivity contribution in [1.29, 1.82) is 0 Å². The molecule has 0 aliphatic carbocycles. The third kappa shape index (κ3) is 5.26. The molecule has 3 rings (SSSR count). The molecule has 0 saturated carbocycles. The Balaban J connectivity index is 1.60. The van der Waals surface area contributed by atoms with Crippen LogP contribution in [0.15, 0.2) is 30.3 Å². The van der Waals surface area contributed by atoms with E-state index >= 15 is 0 Å². The molecule has 1 saturated heterocycles. The third-order valence-electron chi connectivity index (χ3n) is 4.77. The van der Waals surface area contributed by atoms with Gasteiger partial charge < -0.3 is 15.4 Å². The molecule has 10 heteroatoms. The fraction of sp³-hybridized carbons (Fsp3) is 0.381. The van der Waals surface area contributed by atoms with Gasteiger partial charge in [-0.1, -0.05) is 44.2 Å². The first-order chi connectivity index (χ1) is 14.8. The molecule has 4 amide bonds. The molecule has 1 aliphatic rings. The molecule has 1 atom stereocenters. The molecule has 0 radical (unpaired) electrons. The summed E-state index contributed by atoms with van der Waals surface area (Å²) in [6.07, 6.45) is 0.308. The van der Waals surface area contributed by atoms with Gasteiger partial charge in [-0.15, -0.1) is 11.3 Å². The summed E-state index contributed by atoms with van der Waals surface area (Å²) < 4.78 is 4.74. The molecule has 1 aromatic carbocycles. The van der Waals surface area contributed by atoms with E-state index in [1.165, 1.54) is 18.4 Å². The van der Waals surface area contributed by atoms with Crippen LogP contribution in [0.4, 0.5) is 9.93 Å². The van der Waals surface area contributed by atoms with Crippen LogP contribution < -0.4 is 10.6 Å². The monoisotopic (exact) mass is 444 g/mol. The number of benzene rings is 1. The van der Waals surface area contributed by atoms with Gasteiger partial charge in [-0.2, -0.15) is 0 Å². The van der Waals surface area contributed by atoms with Crippen LogP contribution >= 0.6 is 11.3 Å². The Bertz CT molecular complexity index is 989. The van der Waals surface area contributed by atoms with Gasteiger partial charge in [-0.25, -0.2) is 14.6 Å². The number of hydrogen-bond acceptors (Lipinski definition) is 7. The number of nitrogens with zero attached hydrogens (tertiary/aromatic N) is 2. The minimum atomic E-state index is -0.937. The van der Waals surface area contributed by atoms with E-state index in [0.29, 0.717) is 11.3 Å². The average molecular weight is 445 g/mol. The molecule has 0 spiro atoms. The van der Waals surface area contributed by atoms with Crippen LogP contribution in [-0.4, -0.2) is 53.4 Å². The highest BCUT2D eigenvalue weighted by Gasteiger charge is 2.38. The Morgan fingerprint density at radius 2 is 1.97 bits per heavy atom. The van der Waals surface area contributed by atoms with Crippen molar-refractivity contribution >= 4 is 40.3 Å². The molecule has 1 unspecified atom stereocenters. The van der Waals surface area contributed by atoms with Gasteiger partial charge in [0.15, 0.2) is 10.8 Å². The number of hydrogen-bond donors (Lipinski definition) is 2. The smallest absolute Gasteiger partial charge is 0.357 e. The highest BCUT2D eigenvalue weighted by atomic mass is 32.1. The lowest BCUT2D eigenvalue weighted by molar-refractivity contribution is -0.129. The van der Waals surface area contributed by atoms with Crippen molar-refractivity contribution in [2.24, 2.45) is 0 Å². The van der Waals surface area contributed by atoms with E-state index in [4.69, 9.17) is 4.74 Å². The number of amides is 4. The first-order valence-corrected chi connectivity index (χ1v) is 10.7. The van der Waals surface area contributed by atoms with Crippen molar-refractivity contribution in [3.63, 3.8) is 0 Å². The first-order valence-electron chi connectivity index (χ1n) is 9.84. The largest absolute Gasteiger partial charge is 0.464 e. The SMILES string of the molecule is COC(=O)c1nc(NC(=O)CC2NC(=O)N(CCc3ccccc3)C2=O)sc1C(C)C. The predicted octanol–water partition coefficient (Wildman–Crippen LogP) is 2.54. The zero-order valence-electron chi connectivity index (χ0n) is 17.5. The topological polar surface area (TPSA) is 118 Å². The van der Waals surface area contributed by atoms with Crippen LogP contribution in [0.3, 0.4) is 0 Å². The lowest BCUT2D eigenvalue weighted by Crippen LogP contribution is -2.34. The maximum atomic E-state index is 12.6. The van der Waals surface area contributed by atoms with E-state index in [-0.39, 0.29) is 29.7 Å². The summed E-state index contributed by atoms with van der Waals surface area (Å²) >= 11 is 1.18. The zero-order valence-corrected chi connectivity index (χ0v) is 18.3. The Morgan fingerprint density at radius 1 is 1.26 bits per heavy atom. The van der Waals surface area contributed by atoms with Crippen LogP contribution in [0.25, 0.3) is 0 Å². The van der Waals surface area contributed by atoms with Gasteiger partial charge in [0.05, 0.1) is 13.5 Å². The molecule has 2 aromatic rings. The molecule has 2 N–H and O–H groups in total. The van der Waals surface area contributed by atoms with Gasteiger partial charge in [-0.3, -0.25) is 14.5 Å². The molecule has 9 nitrogen and oxygen atoms in total. The summed E-state index contributed by atoms with van der Waals surface area (Å²) in [5.41, 5.74) is 1.17. The van der Waals surface area contributed by atoms with Crippen molar-refractivity contribution in [3.05, 3.63) is 46.5 Å². The van der Waals surface area contributed by atoms with Crippen molar-refractivity contribution in [2.45, 2.75) is 38.6 Å². The number of rotatable bonds is 8. The Hall–Kier alpha value is -3.27. The molecule has 1 aromatic heterocycles. The molecule has 2 heterocycles. The minimum absolute atomic E-state index is 0.0196. The lowest BCUT2D eigenvalue weighted by atomic mass is 10.1. The highest BCUT2D eigenvalue weighted by molar-refractivity contribution is 7.16. The van der Waals surface area contributed by atoms with Gasteiger partial charge in [0, 0.05) is 11.4 Å².